The number of carboxylic acid groups (broad SMARTS) is 1. The SMILES string of the molecule is CC1CCCN(C(=O)N2CC(C)C(C(=O)O)C2)CC1. The summed E-state index contributed by atoms with van der Waals surface area (Å²) in [5.41, 5.74) is 0. The van der Waals surface area contributed by atoms with Gasteiger partial charge in [0.25, 0.3) is 0 Å². The van der Waals surface area contributed by atoms with Crippen LogP contribution in [0.2, 0.25) is 0 Å². The Labute approximate surface area is 114 Å². The first-order valence-corrected chi connectivity index (χ1v) is 7.25. The van der Waals surface area contributed by atoms with Crippen LogP contribution in [0.25, 0.3) is 0 Å². The number of urea groups is 1. The molecule has 2 heterocycles. The molecule has 3 unspecified atom stereocenters. The lowest BCUT2D eigenvalue weighted by Gasteiger charge is -2.27. The number of carbonyl (C=O) groups excluding carboxylic acids is 1. The minimum atomic E-state index is -0.785. The molecule has 19 heavy (non-hydrogen) atoms. The van der Waals surface area contributed by atoms with Crippen LogP contribution in [-0.2, 0) is 4.79 Å². The summed E-state index contributed by atoms with van der Waals surface area (Å²) in [6.45, 7) is 6.70. The van der Waals surface area contributed by atoms with Gasteiger partial charge in [-0.3, -0.25) is 4.79 Å². The monoisotopic (exact) mass is 268 g/mol. The molecule has 2 amide bonds. The molecule has 2 rings (SSSR count). The van der Waals surface area contributed by atoms with Crippen molar-refractivity contribution in [1.29, 1.82) is 0 Å². The molecule has 0 radical (unpaired) electrons. The molecule has 0 aromatic heterocycles. The topological polar surface area (TPSA) is 60.9 Å². The highest BCUT2D eigenvalue weighted by molar-refractivity contribution is 5.77. The van der Waals surface area contributed by atoms with Crippen LogP contribution in [0.4, 0.5) is 4.79 Å². The van der Waals surface area contributed by atoms with Crippen molar-refractivity contribution in [1.82, 2.24) is 9.80 Å². The standard InChI is InChI=1S/C14H24N2O3/c1-10-4-3-6-15(7-5-10)14(19)16-8-11(2)12(9-16)13(17)18/h10-12H,3-9H2,1-2H3,(H,17,18). The van der Waals surface area contributed by atoms with Crippen molar-refractivity contribution >= 4 is 12.0 Å². The zero-order valence-corrected chi connectivity index (χ0v) is 11.8. The van der Waals surface area contributed by atoms with E-state index in [1.165, 1.54) is 6.42 Å². The number of aliphatic carboxylic acids is 1. The van der Waals surface area contributed by atoms with Gasteiger partial charge in [-0.25, -0.2) is 4.79 Å². The smallest absolute Gasteiger partial charge is 0.320 e. The maximum absolute atomic E-state index is 12.4. The second-order valence-corrected chi connectivity index (χ2v) is 6.13. The lowest BCUT2D eigenvalue weighted by molar-refractivity contribution is -0.142. The Balaban J connectivity index is 1.95. The molecule has 0 bridgehead atoms. The number of hydrogen-bond acceptors (Lipinski definition) is 2. The van der Waals surface area contributed by atoms with Gasteiger partial charge in [0, 0.05) is 26.2 Å². The van der Waals surface area contributed by atoms with E-state index in [0.717, 1.165) is 25.9 Å². The van der Waals surface area contributed by atoms with E-state index in [1.807, 2.05) is 11.8 Å². The van der Waals surface area contributed by atoms with Gasteiger partial charge >= 0.3 is 12.0 Å². The highest BCUT2D eigenvalue weighted by atomic mass is 16.4. The molecule has 5 heteroatoms. The van der Waals surface area contributed by atoms with Crippen molar-refractivity contribution in [2.24, 2.45) is 17.8 Å². The van der Waals surface area contributed by atoms with Gasteiger partial charge in [-0.2, -0.15) is 0 Å². The van der Waals surface area contributed by atoms with Crippen LogP contribution in [0.5, 0.6) is 0 Å². The first-order valence-electron chi connectivity index (χ1n) is 7.25. The second-order valence-electron chi connectivity index (χ2n) is 6.13. The second kappa shape index (κ2) is 5.80. The van der Waals surface area contributed by atoms with Crippen LogP contribution in [-0.4, -0.2) is 53.1 Å². The molecule has 0 aliphatic carbocycles. The highest BCUT2D eigenvalue weighted by Crippen LogP contribution is 2.25. The summed E-state index contributed by atoms with van der Waals surface area (Å²) in [5.74, 6) is -0.462. The normalized spacial score (nSPS) is 32.2. The molecule has 3 atom stereocenters. The maximum Gasteiger partial charge on any atom is 0.320 e. The van der Waals surface area contributed by atoms with E-state index in [1.54, 1.807) is 4.90 Å². The van der Waals surface area contributed by atoms with Crippen molar-refractivity contribution in [2.75, 3.05) is 26.2 Å². The van der Waals surface area contributed by atoms with Gasteiger partial charge < -0.3 is 14.9 Å². The fourth-order valence-electron chi connectivity index (χ4n) is 3.10. The average molecular weight is 268 g/mol. The molecular formula is C14H24N2O3. The van der Waals surface area contributed by atoms with Gasteiger partial charge in [0.05, 0.1) is 5.92 Å². The summed E-state index contributed by atoms with van der Waals surface area (Å²) < 4.78 is 0. The fraction of sp³-hybridized carbons (Fsp3) is 0.857. The average Bonchev–Trinajstić information content (AvgIpc) is 2.61. The lowest BCUT2D eigenvalue weighted by atomic mass is 9.99. The van der Waals surface area contributed by atoms with Crippen LogP contribution < -0.4 is 0 Å². The largest absolute Gasteiger partial charge is 0.481 e. The predicted molar refractivity (Wildman–Crippen MR) is 71.8 cm³/mol. The number of carboxylic acids is 1. The zero-order chi connectivity index (χ0) is 14.0. The van der Waals surface area contributed by atoms with Gasteiger partial charge in [-0.05, 0) is 31.1 Å². The summed E-state index contributed by atoms with van der Waals surface area (Å²) in [7, 11) is 0. The summed E-state index contributed by atoms with van der Waals surface area (Å²) in [6.07, 6.45) is 3.29. The molecule has 2 aliphatic heterocycles. The molecule has 1 N–H and O–H groups in total. The van der Waals surface area contributed by atoms with E-state index in [4.69, 9.17) is 5.11 Å². The predicted octanol–water partition coefficient (Wildman–Crippen LogP) is 1.88. The molecule has 2 saturated heterocycles. The van der Waals surface area contributed by atoms with Crippen LogP contribution in [0.1, 0.15) is 33.1 Å². The van der Waals surface area contributed by atoms with Gasteiger partial charge in [0.1, 0.15) is 0 Å². The van der Waals surface area contributed by atoms with E-state index >= 15 is 0 Å². The number of nitrogens with zero attached hydrogens (tertiary/aromatic N) is 2. The molecule has 108 valence electrons. The number of carbonyl (C=O) groups is 2. The van der Waals surface area contributed by atoms with E-state index in [0.29, 0.717) is 19.0 Å². The zero-order valence-electron chi connectivity index (χ0n) is 11.8. The molecule has 0 aromatic carbocycles. The Morgan fingerprint density at radius 2 is 1.79 bits per heavy atom. The van der Waals surface area contributed by atoms with Crippen LogP contribution in [0.3, 0.4) is 0 Å². The number of amides is 2. The summed E-state index contributed by atoms with van der Waals surface area (Å²) >= 11 is 0. The van der Waals surface area contributed by atoms with Crippen molar-refractivity contribution in [3.63, 3.8) is 0 Å². The molecule has 0 aromatic rings. The third kappa shape index (κ3) is 3.19. The summed E-state index contributed by atoms with van der Waals surface area (Å²) in [4.78, 5) is 27.2. The van der Waals surface area contributed by atoms with Crippen LogP contribution in [0.15, 0.2) is 0 Å². The van der Waals surface area contributed by atoms with Crippen molar-refractivity contribution in [2.45, 2.75) is 33.1 Å². The van der Waals surface area contributed by atoms with Gasteiger partial charge in [0.15, 0.2) is 0 Å². The van der Waals surface area contributed by atoms with Gasteiger partial charge in [0.2, 0.25) is 0 Å². The van der Waals surface area contributed by atoms with Gasteiger partial charge in [-0.1, -0.05) is 13.8 Å². The Morgan fingerprint density at radius 3 is 2.42 bits per heavy atom. The van der Waals surface area contributed by atoms with Crippen molar-refractivity contribution in [3.05, 3.63) is 0 Å². The maximum atomic E-state index is 12.4. The molecule has 2 aliphatic rings. The summed E-state index contributed by atoms with van der Waals surface area (Å²) in [5, 5.41) is 9.12. The third-order valence-electron chi connectivity index (χ3n) is 4.49. The Bertz CT molecular complexity index is 359. The molecular weight excluding hydrogens is 244 g/mol. The minimum Gasteiger partial charge on any atom is -0.481 e. The number of likely N-dealkylation sites (tertiary alicyclic amines) is 2. The Kier molecular flexibility index (Phi) is 4.32. The van der Waals surface area contributed by atoms with Crippen molar-refractivity contribution in [3.8, 4) is 0 Å². The van der Waals surface area contributed by atoms with Crippen LogP contribution >= 0.6 is 0 Å². The molecule has 5 nitrogen and oxygen atoms in total. The summed E-state index contributed by atoms with van der Waals surface area (Å²) in [6, 6.07) is 0.0321. The highest BCUT2D eigenvalue weighted by Gasteiger charge is 2.38. The minimum absolute atomic E-state index is 0.0321. The fourth-order valence-corrected chi connectivity index (χ4v) is 3.10. The van der Waals surface area contributed by atoms with E-state index < -0.39 is 11.9 Å². The Morgan fingerprint density at radius 1 is 1.05 bits per heavy atom. The Hall–Kier alpha value is -1.26. The lowest BCUT2D eigenvalue weighted by Crippen LogP contribution is -2.43. The first-order chi connectivity index (χ1) is 8.99. The molecule has 0 spiro atoms. The molecule has 2 fully saturated rings. The van der Waals surface area contributed by atoms with Gasteiger partial charge in [-0.15, -0.1) is 0 Å². The number of hydrogen-bond donors (Lipinski definition) is 1. The quantitative estimate of drug-likeness (QED) is 0.790. The first kappa shape index (κ1) is 14.2. The third-order valence-corrected chi connectivity index (χ3v) is 4.49. The number of rotatable bonds is 1. The van der Waals surface area contributed by atoms with Crippen molar-refractivity contribution < 1.29 is 14.7 Å². The molecule has 0 saturated carbocycles. The van der Waals surface area contributed by atoms with E-state index in [-0.39, 0.29) is 11.9 Å². The van der Waals surface area contributed by atoms with Crippen LogP contribution in [0, 0.1) is 17.8 Å². The van der Waals surface area contributed by atoms with E-state index in [9.17, 15) is 9.59 Å². The van der Waals surface area contributed by atoms with E-state index in [2.05, 4.69) is 6.92 Å².